The molecular weight excluding hydrogens is 232 g/mol. The molecule has 1 unspecified atom stereocenters. The van der Waals surface area contributed by atoms with Crippen LogP contribution >= 0.6 is 11.8 Å². The predicted octanol–water partition coefficient (Wildman–Crippen LogP) is 2.40. The normalized spacial score (nSPS) is 15.8. The van der Waals surface area contributed by atoms with Crippen LogP contribution in [0.3, 0.4) is 0 Å². The first-order valence-corrected chi connectivity index (χ1v) is 7.21. The van der Waals surface area contributed by atoms with Gasteiger partial charge >= 0.3 is 0 Å². The Hall–Kier alpha value is -0.220. The lowest BCUT2D eigenvalue weighted by Gasteiger charge is -2.31. The molecule has 3 nitrogen and oxygen atoms in total. The predicted molar refractivity (Wildman–Crippen MR) is 77.3 cm³/mol. The molecule has 1 atom stereocenters. The summed E-state index contributed by atoms with van der Waals surface area (Å²) in [5.41, 5.74) is 5.49. The molecule has 0 aliphatic carbocycles. The maximum Gasteiger partial charge on any atom is 0.230 e. The molecule has 0 saturated heterocycles. The molecule has 4 heteroatoms. The zero-order chi connectivity index (χ0) is 13.7. The van der Waals surface area contributed by atoms with Gasteiger partial charge in [0.25, 0.3) is 0 Å². The van der Waals surface area contributed by atoms with Gasteiger partial charge in [-0.1, -0.05) is 34.6 Å². The van der Waals surface area contributed by atoms with E-state index in [9.17, 15) is 4.79 Å². The Morgan fingerprint density at radius 2 is 1.82 bits per heavy atom. The second-order valence-electron chi connectivity index (χ2n) is 6.31. The van der Waals surface area contributed by atoms with Gasteiger partial charge in [0.2, 0.25) is 5.91 Å². The number of carbonyl (C=O) groups excluding carboxylic acids is 1. The zero-order valence-corrected chi connectivity index (χ0v) is 12.9. The van der Waals surface area contributed by atoms with E-state index in [1.807, 2.05) is 6.92 Å². The Morgan fingerprint density at radius 3 is 2.18 bits per heavy atom. The lowest BCUT2D eigenvalue weighted by Crippen LogP contribution is -2.52. The summed E-state index contributed by atoms with van der Waals surface area (Å²) >= 11 is 1.66. The molecule has 0 aliphatic heterocycles. The Balaban J connectivity index is 4.24. The van der Waals surface area contributed by atoms with E-state index in [0.717, 1.165) is 6.42 Å². The van der Waals surface area contributed by atoms with E-state index < -0.39 is 0 Å². The minimum atomic E-state index is -0.274. The number of thioether (sulfide) groups is 1. The summed E-state index contributed by atoms with van der Waals surface area (Å²) < 4.78 is 0.120. The van der Waals surface area contributed by atoms with E-state index >= 15 is 0 Å². The standard InChI is InChI=1S/C13H28N2OS/c1-10(2)7-13(6,9-14)15-11(16)8-17-12(3,4)5/h10H,7-9,14H2,1-6H3,(H,15,16). The molecule has 17 heavy (non-hydrogen) atoms. The van der Waals surface area contributed by atoms with E-state index in [2.05, 4.69) is 39.9 Å². The molecule has 102 valence electrons. The number of carbonyl (C=O) groups is 1. The number of nitrogens with one attached hydrogen (secondary N) is 1. The first-order valence-electron chi connectivity index (χ1n) is 6.23. The highest BCUT2D eigenvalue weighted by atomic mass is 32.2. The van der Waals surface area contributed by atoms with Gasteiger partial charge in [0.05, 0.1) is 5.75 Å². The first kappa shape index (κ1) is 16.8. The van der Waals surface area contributed by atoms with Crippen LogP contribution in [0.1, 0.15) is 48.0 Å². The Kier molecular flexibility index (Phi) is 6.56. The van der Waals surface area contributed by atoms with Crippen molar-refractivity contribution in [3.8, 4) is 0 Å². The topological polar surface area (TPSA) is 55.1 Å². The largest absolute Gasteiger partial charge is 0.349 e. The zero-order valence-electron chi connectivity index (χ0n) is 12.1. The van der Waals surface area contributed by atoms with Crippen LogP contribution in [0.2, 0.25) is 0 Å². The highest BCUT2D eigenvalue weighted by Gasteiger charge is 2.26. The smallest absolute Gasteiger partial charge is 0.230 e. The van der Waals surface area contributed by atoms with E-state index in [1.165, 1.54) is 0 Å². The highest BCUT2D eigenvalue weighted by Crippen LogP contribution is 2.23. The van der Waals surface area contributed by atoms with Gasteiger partial charge in [0, 0.05) is 16.8 Å². The maximum atomic E-state index is 11.9. The van der Waals surface area contributed by atoms with Crippen molar-refractivity contribution in [2.24, 2.45) is 11.7 Å². The van der Waals surface area contributed by atoms with Gasteiger partial charge in [-0.05, 0) is 19.3 Å². The molecule has 0 spiro atoms. The highest BCUT2D eigenvalue weighted by molar-refractivity contribution is 8.01. The monoisotopic (exact) mass is 260 g/mol. The summed E-state index contributed by atoms with van der Waals surface area (Å²) in [6, 6.07) is 0. The first-order chi connectivity index (χ1) is 7.58. The van der Waals surface area contributed by atoms with Crippen LogP contribution in [0.4, 0.5) is 0 Å². The quantitative estimate of drug-likeness (QED) is 0.771. The van der Waals surface area contributed by atoms with Crippen molar-refractivity contribution in [1.29, 1.82) is 0 Å². The average Bonchev–Trinajstić information content (AvgIpc) is 2.12. The molecule has 3 N–H and O–H groups in total. The lowest BCUT2D eigenvalue weighted by atomic mass is 9.91. The SMILES string of the molecule is CC(C)CC(C)(CN)NC(=O)CSC(C)(C)C. The van der Waals surface area contributed by atoms with Crippen molar-refractivity contribution in [3.63, 3.8) is 0 Å². The third-order valence-corrected chi connectivity index (χ3v) is 3.66. The lowest BCUT2D eigenvalue weighted by molar-refractivity contribution is -0.120. The third kappa shape index (κ3) is 8.50. The summed E-state index contributed by atoms with van der Waals surface area (Å²) in [5, 5.41) is 3.06. The Morgan fingerprint density at radius 1 is 1.29 bits per heavy atom. The van der Waals surface area contributed by atoms with Crippen LogP contribution in [0.5, 0.6) is 0 Å². The molecular formula is C13H28N2OS. The van der Waals surface area contributed by atoms with Gasteiger partial charge < -0.3 is 11.1 Å². The molecule has 1 amide bonds. The van der Waals surface area contributed by atoms with Gasteiger partial charge in [-0.2, -0.15) is 0 Å². The van der Waals surface area contributed by atoms with Crippen molar-refractivity contribution in [3.05, 3.63) is 0 Å². The number of hydrogen-bond acceptors (Lipinski definition) is 3. The van der Waals surface area contributed by atoms with Crippen LogP contribution in [-0.2, 0) is 4.79 Å². The fraction of sp³-hybridized carbons (Fsp3) is 0.923. The van der Waals surface area contributed by atoms with Crippen LogP contribution in [-0.4, -0.2) is 28.5 Å². The second kappa shape index (κ2) is 6.64. The summed E-state index contributed by atoms with van der Waals surface area (Å²) in [7, 11) is 0. The molecule has 0 aliphatic rings. The fourth-order valence-corrected chi connectivity index (χ4v) is 2.38. The Labute approximate surface area is 110 Å². The van der Waals surface area contributed by atoms with E-state index in [4.69, 9.17) is 5.73 Å². The second-order valence-corrected chi connectivity index (χ2v) is 8.11. The summed E-state index contributed by atoms with van der Waals surface area (Å²) in [6.45, 7) is 13.1. The van der Waals surface area contributed by atoms with Crippen LogP contribution < -0.4 is 11.1 Å². The summed E-state index contributed by atoms with van der Waals surface area (Å²) in [6.07, 6.45) is 0.912. The summed E-state index contributed by atoms with van der Waals surface area (Å²) in [4.78, 5) is 11.9. The Bertz CT molecular complexity index is 248. The molecule has 0 saturated carbocycles. The molecule has 0 aromatic carbocycles. The minimum absolute atomic E-state index is 0.0820. The molecule has 0 aromatic heterocycles. The van der Waals surface area contributed by atoms with Gasteiger partial charge in [-0.25, -0.2) is 0 Å². The maximum absolute atomic E-state index is 11.9. The van der Waals surface area contributed by atoms with E-state index in [0.29, 0.717) is 18.2 Å². The van der Waals surface area contributed by atoms with Gasteiger partial charge in [-0.15, -0.1) is 11.8 Å². The van der Waals surface area contributed by atoms with Crippen molar-refractivity contribution in [1.82, 2.24) is 5.32 Å². The van der Waals surface area contributed by atoms with Crippen molar-refractivity contribution < 1.29 is 4.79 Å². The van der Waals surface area contributed by atoms with E-state index in [-0.39, 0.29) is 16.2 Å². The number of nitrogens with two attached hydrogens (primary N) is 1. The van der Waals surface area contributed by atoms with E-state index in [1.54, 1.807) is 11.8 Å². The number of hydrogen-bond donors (Lipinski definition) is 2. The van der Waals surface area contributed by atoms with Crippen LogP contribution in [0, 0.1) is 5.92 Å². The van der Waals surface area contributed by atoms with Crippen molar-refractivity contribution in [2.45, 2.75) is 58.2 Å². The van der Waals surface area contributed by atoms with Crippen molar-refractivity contribution >= 4 is 17.7 Å². The van der Waals surface area contributed by atoms with Gasteiger partial charge in [0.1, 0.15) is 0 Å². The molecule has 0 heterocycles. The van der Waals surface area contributed by atoms with Crippen LogP contribution in [0.15, 0.2) is 0 Å². The third-order valence-electron chi connectivity index (χ3n) is 2.39. The number of amides is 1. The van der Waals surface area contributed by atoms with Crippen molar-refractivity contribution in [2.75, 3.05) is 12.3 Å². The van der Waals surface area contributed by atoms with Gasteiger partial charge in [0.15, 0.2) is 0 Å². The fourth-order valence-electron chi connectivity index (χ4n) is 1.74. The van der Waals surface area contributed by atoms with Crippen LogP contribution in [0.25, 0.3) is 0 Å². The summed E-state index contributed by atoms with van der Waals surface area (Å²) in [5.74, 6) is 1.11. The minimum Gasteiger partial charge on any atom is -0.349 e. The average molecular weight is 260 g/mol. The molecule has 0 radical (unpaired) electrons. The van der Waals surface area contributed by atoms with Gasteiger partial charge in [-0.3, -0.25) is 4.79 Å². The molecule has 0 rings (SSSR count). The molecule has 0 aromatic rings. The molecule has 0 bridgehead atoms. The number of rotatable bonds is 6. The molecule has 0 fully saturated rings.